The lowest BCUT2D eigenvalue weighted by Gasteiger charge is -2.34. The highest BCUT2D eigenvalue weighted by molar-refractivity contribution is 7.89. The largest absolute Gasteiger partial charge is 0.336 e. The van der Waals surface area contributed by atoms with Gasteiger partial charge < -0.3 is 4.90 Å². The van der Waals surface area contributed by atoms with Gasteiger partial charge in [0.05, 0.1) is 4.90 Å². The fourth-order valence-corrected chi connectivity index (χ4v) is 5.28. The summed E-state index contributed by atoms with van der Waals surface area (Å²) in [6, 6.07) is 22.8. The summed E-state index contributed by atoms with van der Waals surface area (Å²) in [6.07, 6.45) is 0. The summed E-state index contributed by atoms with van der Waals surface area (Å²) in [4.78, 5) is 15.0. The molecule has 0 spiro atoms. The van der Waals surface area contributed by atoms with E-state index in [9.17, 15) is 13.2 Å². The smallest absolute Gasteiger partial charge is 0.253 e. The van der Waals surface area contributed by atoms with Crippen LogP contribution in [0, 0.1) is 13.8 Å². The van der Waals surface area contributed by atoms with Crippen molar-refractivity contribution < 1.29 is 13.2 Å². The molecule has 1 amide bonds. The molecule has 1 aliphatic rings. The minimum Gasteiger partial charge on any atom is -0.336 e. The molecule has 0 saturated carbocycles. The maximum absolute atomic E-state index is 13.0. The highest BCUT2D eigenvalue weighted by Gasteiger charge is 2.30. The first-order valence-electron chi connectivity index (χ1n) is 10.4. The van der Waals surface area contributed by atoms with Crippen molar-refractivity contribution in [2.45, 2.75) is 18.7 Å². The highest BCUT2D eigenvalue weighted by Crippen LogP contribution is 2.22. The van der Waals surface area contributed by atoms with Crippen LogP contribution in [0.5, 0.6) is 0 Å². The van der Waals surface area contributed by atoms with E-state index < -0.39 is 10.0 Å². The molecule has 5 nitrogen and oxygen atoms in total. The zero-order chi connectivity index (χ0) is 22.0. The number of hydrogen-bond acceptors (Lipinski definition) is 3. The molecule has 1 heterocycles. The average molecular weight is 435 g/mol. The topological polar surface area (TPSA) is 57.7 Å². The highest BCUT2D eigenvalue weighted by atomic mass is 32.2. The van der Waals surface area contributed by atoms with E-state index in [0.717, 1.165) is 22.3 Å². The van der Waals surface area contributed by atoms with Crippen molar-refractivity contribution in [3.05, 3.63) is 89.5 Å². The minimum atomic E-state index is -3.56. The van der Waals surface area contributed by atoms with Gasteiger partial charge in [0.1, 0.15) is 0 Å². The number of nitrogens with zero attached hydrogens (tertiary/aromatic N) is 2. The number of rotatable bonds is 4. The number of piperazine rings is 1. The maximum atomic E-state index is 13.0. The average Bonchev–Trinajstić information content (AvgIpc) is 2.81. The van der Waals surface area contributed by atoms with Crippen LogP contribution in [0.4, 0.5) is 0 Å². The molecule has 0 atom stereocenters. The van der Waals surface area contributed by atoms with Gasteiger partial charge in [0.2, 0.25) is 10.0 Å². The zero-order valence-corrected chi connectivity index (χ0v) is 18.6. The number of carbonyl (C=O) groups excluding carboxylic acids is 1. The molecule has 3 aromatic carbocycles. The van der Waals surface area contributed by atoms with E-state index in [1.807, 2.05) is 74.5 Å². The number of aryl methyl sites for hydroxylation is 2. The van der Waals surface area contributed by atoms with Crippen LogP contribution in [0.15, 0.2) is 77.7 Å². The maximum Gasteiger partial charge on any atom is 0.253 e. The quantitative estimate of drug-likeness (QED) is 0.621. The van der Waals surface area contributed by atoms with Crippen molar-refractivity contribution in [1.82, 2.24) is 9.21 Å². The standard InChI is InChI=1S/C25H26N2O3S/c1-19-8-13-24(18-20(19)2)31(29,30)27-16-14-26(15-17-27)25(28)23-11-9-22(10-12-23)21-6-4-3-5-7-21/h3-13,18H,14-17H2,1-2H3. The van der Waals surface area contributed by atoms with Crippen LogP contribution in [-0.4, -0.2) is 49.7 Å². The van der Waals surface area contributed by atoms with Gasteiger partial charge in [0.15, 0.2) is 0 Å². The van der Waals surface area contributed by atoms with Crippen LogP contribution < -0.4 is 0 Å². The van der Waals surface area contributed by atoms with Crippen LogP contribution >= 0.6 is 0 Å². The minimum absolute atomic E-state index is 0.0668. The summed E-state index contributed by atoms with van der Waals surface area (Å²) in [5, 5.41) is 0. The number of carbonyl (C=O) groups is 1. The normalized spacial score (nSPS) is 15.1. The van der Waals surface area contributed by atoms with E-state index >= 15 is 0 Å². The first-order valence-corrected chi connectivity index (χ1v) is 11.8. The summed E-state index contributed by atoms with van der Waals surface area (Å²) in [5.74, 6) is -0.0668. The number of sulfonamides is 1. The van der Waals surface area contributed by atoms with E-state index in [2.05, 4.69) is 0 Å². The molecule has 0 radical (unpaired) electrons. The molecule has 1 fully saturated rings. The van der Waals surface area contributed by atoms with Gasteiger partial charge in [-0.15, -0.1) is 0 Å². The molecule has 1 aliphatic heterocycles. The van der Waals surface area contributed by atoms with Gasteiger partial charge in [-0.2, -0.15) is 4.31 Å². The Bertz CT molecular complexity index is 1180. The van der Waals surface area contributed by atoms with Crippen LogP contribution in [0.3, 0.4) is 0 Å². The van der Waals surface area contributed by atoms with Crippen LogP contribution in [0.2, 0.25) is 0 Å². The zero-order valence-electron chi connectivity index (χ0n) is 17.8. The van der Waals surface area contributed by atoms with Gasteiger partial charge in [-0.25, -0.2) is 8.42 Å². The fraction of sp³-hybridized carbons (Fsp3) is 0.240. The molecular weight excluding hydrogens is 408 g/mol. The Kier molecular flexibility index (Phi) is 5.94. The van der Waals surface area contributed by atoms with Gasteiger partial charge in [0, 0.05) is 31.7 Å². The first kappa shape index (κ1) is 21.3. The van der Waals surface area contributed by atoms with E-state index in [-0.39, 0.29) is 5.91 Å². The molecule has 1 saturated heterocycles. The van der Waals surface area contributed by atoms with Crippen molar-refractivity contribution >= 4 is 15.9 Å². The van der Waals surface area contributed by atoms with Crippen LogP contribution in [0.1, 0.15) is 21.5 Å². The third kappa shape index (κ3) is 4.40. The van der Waals surface area contributed by atoms with E-state index in [1.54, 1.807) is 17.0 Å². The van der Waals surface area contributed by atoms with E-state index in [1.165, 1.54) is 4.31 Å². The second-order valence-corrected chi connectivity index (χ2v) is 9.82. The molecule has 4 rings (SSSR count). The molecule has 0 bridgehead atoms. The predicted octanol–water partition coefficient (Wildman–Crippen LogP) is 4.12. The molecule has 0 aliphatic carbocycles. The number of benzene rings is 3. The molecule has 3 aromatic rings. The summed E-state index contributed by atoms with van der Waals surface area (Å²) in [6.45, 7) is 5.22. The summed E-state index contributed by atoms with van der Waals surface area (Å²) >= 11 is 0. The van der Waals surface area contributed by atoms with E-state index in [0.29, 0.717) is 36.6 Å². The molecule has 0 aromatic heterocycles. The van der Waals surface area contributed by atoms with Crippen molar-refractivity contribution in [2.24, 2.45) is 0 Å². The lowest BCUT2D eigenvalue weighted by Crippen LogP contribution is -2.50. The lowest BCUT2D eigenvalue weighted by molar-refractivity contribution is 0.0698. The Labute approximate surface area is 184 Å². The molecule has 0 N–H and O–H groups in total. The van der Waals surface area contributed by atoms with Gasteiger partial charge in [-0.3, -0.25) is 4.79 Å². The monoisotopic (exact) mass is 434 g/mol. The van der Waals surface area contributed by atoms with Crippen molar-refractivity contribution in [1.29, 1.82) is 0 Å². The van der Waals surface area contributed by atoms with Crippen molar-refractivity contribution in [3.8, 4) is 11.1 Å². The van der Waals surface area contributed by atoms with Crippen molar-refractivity contribution in [2.75, 3.05) is 26.2 Å². The Balaban J connectivity index is 1.42. The summed E-state index contributed by atoms with van der Waals surface area (Å²) in [7, 11) is -3.56. The predicted molar refractivity (Wildman–Crippen MR) is 122 cm³/mol. The lowest BCUT2D eigenvalue weighted by atomic mass is 10.0. The summed E-state index contributed by atoms with van der Waals surface area (Å²) < 4.78 is 27.5. The van der Waals surface area contributed by atoms with Gasteiger partial charge in [0.25, 0.3) is 5.91 Å². The Hall–Kier alpha value is -2.96. The van der Waals surface area contributed by atoms with Gasteiger partial charge >= 0.3 is 0 Å². The first-order chi connectivity index (χ1) is 14.9. The SMILES string of the molecule is Cc1ccc(S(=O)(=O)N2CCN(C(=O)c3ccc(-c4ccccc4)cc3)CC2)cc1C. The molecule has 6 heteroatoms. The third-order valence-electron chi connectivity index (χ3n) is 5.88. The second kappa shape index (κ2) is 8.65. The van der Waals surface area contributed by atoms with Crippen LogP contribution in [-0.2, 0) is 10.0 Å². The summed E-state index contributed by atoms with van der Waals surface area (Å²) in [5.41, 5.74) is 4.79. The van der Waals surface area contributed by atoms with Gasteiger partial charge in [-0.1, -0.05) is 48.5 Å². The van der Waals surface area contributed by atoms with Gasteiger partial charge in [-0.05, 0) is 60.4 Å². The molecule has 31 heavy (non-hydrogen) atoms. The Morgan fingerprint density at radius 2 is 1.35 bits per heavy atom. The molecular formula is C25H26N2O3S. The van der Waals surface area contributed by atoms with Crippen LogP contribution in [0.25, 0.3) is 11.1 Å². The number of amides is 1. The second-order valence-electron chi connectivity index (χ2n) is 7.89. The molecule has 0 unspecified atom stereocenters. The molecule has 160 valence electrons. The number of hydrogen-bond donors (Lipinski definition) is 0. The third-order valence-corrected chi connectivity index (χ3v) is 7.78. The van der Waals surface area contributed by atoms with E-state index in [4.69, 9.17) is 0 Å². The Morgan fingerprint density at radius 1 is 0.742 bits per heavy atom. The fourth-order valence-electron chi connectivity index (χ4n) is 3.77. The van der Waals surface area contributed by atoms with Crippen molar-refractivity contribution in [3.63, 3.8) is 0 Å². The Morgan fingerprint density at radius 3 is 1.97 bits per heavy atom.